The van der Waals surface area contributed by atoms with Gasteiger partial charge < -0.3 is 14.8 Å². The fourth-order valence-electron chi connectivity index (χ4n) is 4.07. The standard InChI is InChI=1S/C17H25NO2/c1-18-15-12-16(17(15)10-6-3-7-11-17)20-14-9-5-4-8-13(14)19-2/h4-5,8-9,15-16,18H,3,6-7,10-12H2,1-2H3. The summed E-state index contributed by atoms with van der Waals surface area (Å²) in [5, 5.41) is 3.50. The summed E-state index contributed by atoms with van der Waals surface area (Å²) < 4.78 is 11.7. The molecule has 20 heavy (non-hydrogen) atoms. The highest BCUT2D eigenvalue weighted by atomic mass is 16.5. The van der Waals surface area contributed by atoms with Crippen molar-refractivity contribution in [1.82, 2.24) is 5.32 Å². The molecule has 0 aromatic heterocycles. The van der Waals surface area contributed by atoms with Crippen molar-refractivity contribution < 1.29 is 9.47 Å². The van der Waals surface area contributed by atoms with Gasteiger partial charge in [0.1, 0.15) is 6.10 Å². The van der Waals surface area contributed by atoms with Gasteiger partial charge in [0.05, 0.1) is 7.11 Å². The van der Waals surface area contributed by atoms with E-state index in [1.54, 1.807) is 7.11 Å². The van der Waals surface area contributed by atoms with E-state index in [4.69, 9.17) is 9.47 Å². The summed E-state index contributed by atoms with van der Waals surface area (Å²) in [4.78, 5) is 0. The highest BCUT2D eigenvalue weighted by Gasteiger charge is 2.56. The molecule has 0 bridgehead atoms. The molecule has 3 heteroatoms. The van der Waals surface area contributed by atoms with E-state index in [0.29, 0.717) is 17.6 Å². The lowest BCUT2D eigenvalue weighted by molar-refractivity contribution is -0.101. The van der Waals surface area contributed by atoms with Crippen molar-refractivity contribution in [3.8, 4) is 11.5 Å². The number of hydrogen-bond acceptors (Lipinski definition) is 3. The van der Waals surface area contributed by atoms with Crippen LogP contribution in [-0.2, 0) is 0 Å². The van der Waals surface area contributed by atoms with Crippen LogP contribution >= 0.6 is 0 Å². The van der Waals surface area contributed by atoms with Crippen LogP contribution < -0.4 is 14.8 Å². The van der Waals surface area contributed by atoms with Crippen LogP contribution in [0, 0.1) is 5.41 Å². The Labute approximate surface area is 121 Å². The zero-order chi connectivity index (χ0) is 14.0. The van der Waals surface area contributed by atoms with Gasteiger partial charge in [0, 0.05) is 17.9 Å². The van der Waals surface area contributed by atoms with Crippen LogP contribution in [0.25, 0.3) is 0 Å². The molecule has 110 valence electrons. The summed E-state index contributed by atoms with van der Waals surface area (Å²) in [6, 6.07) is 8.60. The van der Waals surface area contributed by atoms with Crippen LogP contribution in [0.5, 0.6) is 11.5 Å². The summed E-state index contributed by atoms with van der Waals surface area (Å²) in [7, 11) is 3.79. The Hall–Kier alpha value is -1.22. The van der Waals surface area contributed by atoms with E-state index in [1.807, 2.05) is 24.3 Å². The monoisotopic (exact) mass is 275 g/mol. The lowest BCUT2D eigenvalue weighted by atomic mass is 9.55. The van der Waals surface area contributed by atoms with Crippen LogP contribution in [0.4, 0.5) is 0 Å². The zero-order valence-electron chi connectivity index (χ0n) is 12.5. The molecule has 0 aliphatic heterocycles. The van der Waals surface area contributed by atoms with Crippen molar-refractivity contribution in [2.75, 3.05) is 14.2 Å². The highest BCUT2D eigenvalue weighted by molar-refractivity contribution is 5.40. The summed E-state index contributed by atoms with van der Waals surface area (Å²) in [5.41, 5.74) is 0.341. The number of ether oxygens (including phenoxy) is 2. The molecule has 2 fully saturated rings. The zero-order valence-corrected chi connectivity index (χ0v) is 12.5. The van der Waals surface area contributed by atoms with E-state index < -0.39 is 0 Å². The summed E-state index contributed by atoms with van der Waals surface area (Å²) in [6.07, 6.45) is 8.06. The van der Waals surface area contributed by atoms with E-state index in [1.165, 1.54) is 32.1 Å². The molecule has 0 radical (unpaired) electrons. The quantitative estimate of drug-likeness (QED) is 0.913. The van der Waals surface area contributed by atoms with Gasteiger partial charge >= 0.3 is 0 Å². The van der Waals surface area contributed by atoms with Gasteiger partial charge in [-0.1, -0.05) is 31.4 Å². The lowest BCUT2D eigenvalue weighted by Gasteiger charge is -2.57. The maximum Gasteiger partial charge on any atom is 0.161 e. The van der Waals surface area contributed by atoms with Gasteiger partial charge in [-0.25, -0.2) is 0 Å². The van der Waals surface area contributed by atoms with Gasteiger partial charge in [0.2, 0.25) is 0 Å². The van der Waals surface area contributed by atoms with E-state index in [-0.39, 0.29) is 0 Å². The molecule has 1 spiro atoms. The molecule has 2 atom stereocenters. The highest BCUT2D eigenvalue weighted by Crippen LogP contribution is 2.53. The number of benzene rings is 1. The van der Waals surface area contributed by atoms with Crippen LogP contribution in [0.15, 0.2) is 24.3 Å². The second-order valence-corrected chi connectivity index (χ2v) is 6.13. The Kier molecular flexibility index (Phi) is 3.88. The number of hydrogen-bond donors (Lipinski definition) is 1. The first kappa shape index (κ1) is 13.7. The first-order chi connectivity index (χ1) is 9.80. The topological polar surface area (TPSA) is 30.5 Å². The normalized spacial score (nSPS) is 27.9. The lowest BCUT2D eigenvalue weighted by Crippen LogP contribution is -2.64. The van der Waals surface area contributed by atoms with Crippen LogP contribution in [0.2, 0.25) is 0 Å². The predicted octanol–water partition coefficient (Wildman–Crippen LogP) is 3.38. The number of nitrogens with one attached hydrogen (secondary N) is 1. The van der Waals surface area contributed by atoms with Gasteiger partial charge in [-0.15, -0.1) is 0 Å². The van der Waals surface area contributed by atoms with E-state index >= 15 is 0 Å². The number of rotatable bonds is 4. The molecular weight excluding hydrogens is 250 g/mol. The molecule has 2 aliphatic carbocycles. The maximum atomic E-state index is 6.33. The fourth-order valence-corrected chi connectivity index (χ4v) is 4.07. The second kappa shape index (κ2) is 5.65. The van der Waals surface area contributed by atoms with Crippen LogP contribution in [-0.4, -0.2) is 26.3 Å². The molecule has 0 heterocycles. The third kappa shape index (κ3) is 2.18. The molecule has 1 N–H and O–H groups in total. The Morgan fingerprint density at radius 3 is 2.45 bits per heavy atom. The third-order valence-electron chi connectivity index (χ3n) is 5.26. The van der Waals surface area contributed by atoms with Gasteiger partial charge in [-0.2, -0.15) is 0 Å². The molecule has 2 aliphatic rings. The Balaban J connectivity index is 1.77. The van der Waals surface area contributed by atoms with Crippen molar-refractivity contribution in [1.29, 1.82) is 0 Å². The van der Waals surface area contributed by atoms with Crippen molar-refractivity contribution in [3.05, 3.63) is 24.3 Å². The minimum absolute atomic E-state index is 0.330. The van der Waals surface area contributed by atoms with E-state index in [2.05, 4.69) is 12.4 Å². The molecule has 2 saturated carbocycles. The smallest absolute Gasteiger partial charge is 0.161 e. The SMILES string of the molecule is CNC1CC(Oc2ccccc2OC)C12CCCCC2. The van der Waals surface area contributed by atoms with Gasteiger partial charge in [0.25, 0.3) is 0 Å². The number of para-hydroxylation sites is 2. The number of methoxy groups -OCH3 is 1. The molecule has 1 aromatic carbocycles. The molecule has 3 nitrogen and oxygen atoms in total. The first-order valence-corrected chi connectivity index (χ1v) is 7.77. The molecule has 0 amide bonds. The molecule has 2 unspecified atom stereocenters. The van der Waals surface area contributed by atoms with E-state index in [0.717, 1.165) is 17.9 Å². The van der Waals surface area contributed by atoms with Crippen molar-refractivity contribution in [2.24, 2.45) is 5.41 Å². The Morgan fingerprint density at radius 2 is 1.80 bits per heavy atom. The van der Waals surface area contributed by atoms with Gasteiger partial charge in [-0.3, -0.25) is 0 Å². The maximum absolute atomic E-state index is 6.33. The molecule has 3 rings (SSSR count). The molecule has 1 aromatic rings. The van der Waals surface area contributed by atoms with Crippen molar-refractivity contribution in [2.45, 2.75) is 50.7 Å². The van der Waals surface area contributed by atoms with Gasteiger partial charge in [0.15, 0.2) is 11.5 Å². The largest absolute Gasteiger partial charge is 0.493 e. The average Bonchev–Trinajstić information content (AvgIpc) is 2.52. The van der Waals surface area contributed by atoms with Gasteiger partial charge in [-0.05, 0) is 32.0 Å². The van der Waals surface area contributed by atoms with Crippen LogP contribution in [0.1, 0.15) is 38.5 Å². The summed E-state index contributed by atoms with van der Waals surface area (Å²) in [5.74, 6) is 1.73. The first-order valence-electron chi connectivity index (χ1n) is 7.77. The fraction of sp³-hybridized carbons (Fsp3) is 0.647. The molecule has 0 saturated heterocycles. The van der Waals surface area contributed by atoms with Crippen LogP contribution in [0.3, 0.4) is 0 Å². The Bertz CT molecular complexity index is 454. The minimum atomic E-state index is 0.330. The van der Waals surface area contributed by atoms with Crippen molar-refractivity contribution in [3.63, 3.8) is 0 Å². The van der Waals surface area contributed by atoms with Crippen molar-refractivity contribution >= 4 is 0 Å². The molecular formula is C17H25NO2. The predicted molar refractivity (Wildman–Crippen MR) is 80.4 cm³/mol. The second-order valence-electron chi connectivity index (χ2n) is 6.13. The van der Waals surface area contributed by atoms with E-state index in [9.17, 15) is 0 Å². The summed E-state index contributed by atoms with van der Waals surface area (Å²) >= 11 is 0. The Morgan fingerprint density at radius 1 is 1.10 bits per heavy atom. The summed E-state index contributed by atoms with van der Waals surface area (Å²) in [6.45, 7) is 0. The average molecular weight is 275 g/mol. The third-order valence-corrected chi connectivity index (χ3v) is 5.26. The minimum Gasteiger partial charge on any atom is -0.493 e.